The van der Waals surface area contributed by atoms with E-state index in [1.54, 1.807) is 0 Å². The molecule has 2 nitrogen and oxygen atoms in total. The zero-order chi connectivity index (χ0) is 16.2. The number of esters is 1. The van der Waals surface area contributed by atoms with Crippen molar-refractivity contribution in [3.63, 3.8) is 0 Å². The molecular weight excluding hydrogens is 387 g/mol. The van der Waals surface area contributed by atoms with Crippen LogP contribution in [-0.4, -0.2) is 12.6 Å². The van der Waals surface area contributed by atoms with Gasteiger partial charge in [-0.25, -0.2) is 0 Å². The molecular formula is C19H29IO2. The molecule has 0 N–H and O–H groups in total. The average Bonchev–Trinajstić information content (AvgIpc) is 2.51. The fourth-order valence-corrected chi connectivity index (χ4v) is 3.02. The molecule has 0 aliphatic rings. The Morgan fingerprint density at radius 1 is 1.00 bits per heavy atom. The van der Waals surface area contributed by atoms with Gasteiger partial charge in [0.2, 0.25) is 0 Å². The molecule has 0 bridgehead atoms. The quantitative estimate of drug-likeness (QED) is 0.248. The predicted molar refractivity (Wildman–Crippen MR) is 101 cm³/mol. The van der Waals surface area contributed by atoms with Crippen LogP contribution in [0.2, 0.25) is 0 Å². The second-order valence-electron chi connectivity index (χ2n) is 5.77. The summed E-state index contributed by atoms with van der Waals surface area (Å²) in [6, 6.07) is 8.24. The third-order valence-corrected chi connectivity index (χ3v) is 4.66. The summed E-state index contributed by atoms with van der Waals surface area (Å²) < 4.78 is 6.45. The first kappa shape index (κ1) is 19.5. The van der Waals surface area contributed by atoms with Crippen molar-refractivity contribution in [2.45, 2.75) is 71.1 Å². The Hall–Kier alpha value is -0.580. The van der Waals surface area contributed by atoms with E-state index in [1.165, 1.54) is 42.1 Å². The lowest BCUT2D eigenvalue weighted by molar-refractivity contribution is -0.145. The molecule has 0 aromatic heterocycles. The molecule has 0 saturated carbocycles. The molecule has 0 heterocycles. The molecule has 1 aromatic rings. The van der Waals surface area contributed by atoms with Gasteiger partial charge in [-0.2, -0.15) is 0 Å². The molecule has 0 saturated heterocycles. The molecule has 124 valence electrons. The summed E-state index contributed by atoms with van der Waals surface area (Å²) in [7, 11) is 0. The van der Waals surface area contributed by atoms with Gasteiger partial charge < -0.3 is 4.74 Å². The van der Waals surface area contributed by atoms with E-state index in [9.17, 15) is 4.79 Å². The van der Waals surface area contributed by atoms with E-state index in [2.05, 4.69) is 53.8 Å². The number of carbonyl (C=O) groups is 1. The summed E-state index contributed by atoms with van der Waals surface area (Å²) in [5, 5.41) is 0. The fourth-order valence-electron chi connectivity index (χ4n) is 2.66. The summed E-state index contributed by atoms with van der Waals surface area (Å²) in [6.07, 6.45) is 9.78. The number of hydrogen-bond donors (Lipinski definition) is 0. The van der Waals surface area contributed by atoms with Gasteiger partial charge in [-0.1, -0.05) is 64.0 Å². The van der Waals surface area contributed by atoms with E-state index >= 15 is 0 Å². The maximum absolute atomic E-state index is 12.2. The highest BCUT2D eigenvalue weighted by atomic mass is 127. The number of hydrogen-bond acceptors (Lipinski definition) is 2. The Bertz CT molecular complexity index is 414. The van der Waals surface area contributed by atoms with E-state index in [0.717, 1.165) is 18.4 Å². The van der Waals surface area contributed by atoms with Gasteiger partial charge in [0, 0.05) is 3.57 Å². The van der Waals surface area contributed by atoms with Crippen LogP contribution in [0.3, 0.4) is 0 Å². The topological polar surface area (TPSA) is 26.3 Å². The minimum absolute atomic E-state index is 0.0744. The highest BCUT2D eigenvalue weighted by Crippen LogP contribution is 2.25. The van der Waals surface area contributed by atoms with Gasteiger partial charge in [-0.3, -0.25) is 4.79 Å². The maximum Gasteiger partial charge on any atom is 0.313 e. The van der Waals surface area contributed by atoms with E-state index in [-0.39, 0.29) is 11.9 Å². The second kappa shape index (κ2) is 11.9. The molecule has 1 atom stereocenters. The number of benzene rings is 1. The van der Waals surface area contributed by atoms with Crippen LogP contribution in [-0.2, 0) is 9.53 Å². The van der Waals surface area contributed by atoms with E-state index in [1.807, 2.05) is 6.92 Å². The highest BCUT2D eigenvalue weighted by molar-refractivity contribution is 14.1. The van der Waals surface area contributed by atoms with Crippen LogP contribution in [0.5, 0.6) is 0 Å². The predicted octanol–water partition coefficient (Wildman–Crippen LogP) is 6.08. The molecule has 3 heteroatoms. The first-order valence-electron chi connectivity index (χ1n) is 8.61. The molecule has 0 spiro atoms. The third-order valence-electron chi connectivity index (χ3n) is 3.94. The summed E-state index contributed by atoms with van der Waals surface area (Å²) in [4.78, 5) is 12.2. The largest absolute Gasteiger partial charge is 0.466 e. The maximum atomic E-state index is 12.2. The average molecular weight is 416 g/mol. The normalized spacial score (nSPS) is 12.1. The Morgan fingerprint density at radius 3 is 2.18 bits per heavy atom. The van der Waals surface area contributed by atoms with Gasteiger partial charge in [-0.05, 0) is 53.6 Å². The van der Waals surface area contributed by atoms with Crippen molar-refractivity contribution < 1.29 is 9.53 Å². The van der Waals surface area contributed by atoms with Gasteiger partial charge in [0.1, 0.15) is 0 Å². The number of ether oxygens (including phenoxy) is 1. The van der Waals surface area contributed by atoms with Crippen molar-refractivity contribution in [2.75, 3.05) is 6.61 Å². The van der Waals surface area contributed by atoms with E-state index in [4.69, 9.17) is 4.74 Å². The standard InChI is InChI=1S/C19H29IO2/c1-3-5-6-7-8-9-10-11-18(19(21)22-4-2)16-12-14-17(20)15-13-16/h12-15,18H,3-11H2,1-2H3. The summed E-state index contributed by atoms with van der Waals surface area (Å²) >= 11 is 2.29. The van der Waals surface area contributed by atoms with Crippen molar-refractivity contribution in [1.82, 2.24) is 0 Å². The second-order valence-corrected chi connectivity index (χ2v) is 7.01. The number of carbonyl (C=O) groups excluding carboxylic acids is 1. The van der Waals surface area contributed by atoms with Crippen LogP contribution >= 0.6 is 22.6 Å². The third kappa shape index (κ3) is 7.61. The lowest BCUT2D eigenvalue weighted by Crippen LogP contribution is -2.16. The Morgan fingerprint density at radius 2 is 1.59 bits per heavy atom. The van der Waals surface area contributed by atoms with Crippen molar-refractivity contribution in [3.8, 4) is 0 Å². The minimum Gasteiger partial charge on any atom is -0.466 e. The number of rotatable bonds is 11. The Kier molecular flexibility index (Phi) is 10.5. The Labute approximate surface area is 149 Å². The SMILES string of the molecule is CCCCCCCCCC(C(=O)OCC)c1ccc(I)cc1. The lowest BCUT2D eigenvalue weighted by atomic mass is 9.93. The lowest BCUT2D eigenvalue weighted by Gasteiger charge is -2.16. The van der Waals surface area contributed by atoms with Crippen LogP contribution in [0.15, 0.2) is 24.3 Å². The number of unbranched alkanes of at least 4 members (excludes halogenated alkanes) is 6. The van der Waals surface area contributed by atoms with Crippen molar-refractivity contribution >= 4 is 28.6 Å². The molecule has 0 aliphatic carbocycles. The van der Waals surface area contributed by atoms with Gasteiger partial charge in [0.05, 0.1) is 12.5 Å². The van der Waals surface area contributed by atoms with Crippen molar-refractivity contribution in [1.29, 1.82) is 0 Å². The molecule has 0 amide bonds. The summed E-state index contributed by atoms with van der Waals surface area (Å²) in [5.74, 6) is -0.178. The monoisotopic (exact) mass is 416 g/mol. The molecule has 22 heavy (non-hydrogen) atoms. The van der Waals surface area contributed by atoms with Gasteiger partial charge in [0.25, 0.3) is 0 Å². The van der Waals surface area contributed by atoms with Gasteiger partial charge in [-0.15, -0.1) is 0 Å². The highest BCUT2D eigenvalue weighted by Gasteiger charge is 2.21. The smallest absolute Gasteiger partial charge is 0.313 e. The number of halogens is 1. The minimum atomic E-state index is -0.104. The molecule has 1 unspecified atom stereocenters. The summed E-state index contributed by atoms with van der Waals surface area (Å²) in [5.41, 5.74) is 1.09. The van der Waals surface area contributed by atoms with Crippen LogP contribution in [0.25, 0.3) is 0 Å². The van der Waals surface area contributed by atoms with Gasteiger partial charge >= 0.3 is 5.97 Å². The zero-order valence-corrected chi connectivity index (χ0v) is 16.1. The Balaban J connectivity index is 2.45. The fraction of sp³-hybridized carbons (Fsp3) is 0.632. The molecule has 0 radical (unpaired) electrons. The summed E-state index contributed by atoms with van der Waals surface area (Å²) in [6.45, 7) is 4.57. The molecule has 1 rings (SSSR count). The van der Waals surface area contributed by atoms with E-state index in [0.29, 0.717) is 6.61 Å². The molecule has 1 aromatic carbocycles. The first-order chi connectivity index (χ1) is 10.7. The van der Waals surface area contributed by atoms with Crippen LogP contribution in [0.4, 0.5) is 0 Å². The van der Waals surface area contributed by atoms with Gasteiger partial charge in [0.15, 0.2) is 0 Å². The van der Waals surface area contributed by atoms with Crippen molar-refractivity contribution in [3.05, 3.63) is 33.4 Å². The van der Waals surface area contributed by atoms with Crippen LogP contribution < -0.4 is 0 Å². The molecule has 0 aliphatic heterocycles. The zero-order valence-electron chi connectivity index (χ0n) is 13.9. The van der Waals surface area contributed by atoms with Crippen LogP contribution in [0, 0.1) is 3.57 Å². The van der Waals surface area contributed by atoms with Crippen LogP contribution in [0.1, 0.15) is 76.7 Å². The van der Waals surface area contributed by atoms with Crippen molar-refractivity contribution in [2.24, 2.45) is 0 Å². The molecule has 0 fully saturated rings. The van der Waals surface area contributed by atoms with E-state index < -0.39 is 0 Å². The first-order valence-corrected chi connectivity index (χ1v) is 9.69.